The van der Waals surface area contributed by atoms with Crippen LogP contribution in [0.4, 0.5) is 0 Å². The van der Waals surface area contributed by atoms with Gasteiger partial charge >= 0.3 is 0 Å². The summed E-state index contributed by atoms with van der Waals surface area (Å²) in [6, 6.07) is 0.692. The predicted octanol–water partition coefficient (Wildman–Crippen LogP) is 1.89. The van der Waals surface area contributed by atoms with Crippen LogP contribution in [0.1, 0.15) is 20.3 Å². The van der Waals surface area contributed by atoms with Crippen LogP contribution in [0.3, 0.4) is 0 Å². The molecule has 0 rings (SSSR count). The molecule has 0 aromatic carbocycles. The molecule has 2 heteroatoms. The molecule has 0 radical (unpaired) electrons. The molecule has 0 aromatic heterocycles. The summed E-state index contributed by atoms with van der Waals surface area (Å²) < 4.78 is 0. The summed E-state index contributed by atoms with van der Waals surface area (Å²) in [5.41, 5.74) is 0. The monoisotopic (exact) mass is 161 g/mol. The highest BCUT2D eigenvalue weighted by molar-refractivity contribution is 7.80. The lowest BCUT2D eigenvalue weighted by atomic mass is 10.0. The van der Waals surface area contributed by atoms with E-state index in [9.17, 15) is 0 Å². The zero-order valence-electron chi connectivity index (χ0n) is 7.46. The van der Waals surface area contributed by atoms with E-state index in [0.29, 0.717) is 6.04 Å². The van der Waals surface area contributed by atoms with Crippen LogP contribution in [0.25, 0.3) is 0 Å². The van der Waals surface area contributed by atoms with Gasteiger partial charge in [-0.3, -0.25) is 0 Å². The van der Waals surface area contributed by atoms with Crippen LogP contribution in [0.2, 0.25) is 0 Å². The van der Waals surface area contributed by atoms with Gasteiger partial charge < -0.3 is 4.90 Å². The van der Waals surface area contributed by atoms with Crippen molar-refractivity contribution in [1.29, 1.82) is 0 Å². The van der Waals surface area contributed by atoms with Gasteiger partial charge in [0.25, 0.3) is 0 Å². The third-order valence-corrected chi connectivity index (χ3v) is 2.12. The van der Waals surface area contributed by atoms with E-state index in [1.165, 1.54) is 6.42 Å². The topological polar surface area (TPSA) is 3.24 Å². The number of hydrogen-bond donors (Lipinski definition) is 1. The number of thiol groups is 1. The summed E-state index contributed by atoms with van der Waals surface area (Å²) in [5.74, 6) is 1.73. The summed E-state index contributed by atoms with van der Waals surface area (Å²) >= 11 is 4.22. The van der Waals surface area contributed by atoms with Gasteiger partial charge in [0.1, 0.15) is 0 Å². The third kappa shape index (κ3) is 3.47. The molecule has 1 unspecified atom stereocenters. The first-order valence-electron chi connectivity index (χ1n) is 3.87. The van der Waals surface area contributed by atoms with Crippen molar-refractivity contribution in [3.63, 3.8) is 0 Å². The Bertz CT molecular complexity index is 73.3. The normalized spacial score (nSPS) is 14.7. The maximum atomic E-state index is 4.22. The van der Waals surface area contributed by atoms with Gasteiger partial charge in [-0.25, -0.2) is 0 Å². The van der Waals surface area contributed by atoms with Crippen molar-refractivity contribution in [2.45, 2.75) is 26.3 Å². The van der Waals surface area contributed by atoms with E-state index in [1.54, 1.807) is 0 Å². The van der Waals surface area contributed by atoms with Gasteiger partial charge in [-0.1, -0.05) is 13.8 Å². The molecule has 0 aliphatic rings. The van der Waals surface area contributed by atoms with E-state index >= 15 is 0 Å². The molecule has 0 amide bonds. The van der Waals surface area contributed by atoms with Crippen LogP contribution >= 0.6 is 12.6 Å². The van der Waals surface area contributed by atoms with Gasteiger partial charge in [0, 0.05) is 6.04 Å². The van der Waals surface area contributed by atoms with E-state index in [4.69, 9.17) is 0 Å². The van der Waals surface area contributed by atoms with Gasteiger partial charge in [0.15, 0.2) is 0 Å². The predicted molar refractivity (Wildman–Crippen MR) is 50.8 cm³/mol. The minimum Gasteiger partial charge on any atom is -0.306 e. The van der Waals surface area contributed by atoms with Crippen LogP contribution in [0.5, 0.6) is 0 Å². The Kier molecular flexibility index (Phi) is 5.18. The maximum absolute atomic E-state index is 4.22. The van der Waals surface area contributed by atoms with Crippen molar-refractivity contribution < 1.29 is 0 Å². The molecular formula is C8H19NS. The molecule has 62 valence electrons. The highest BCUT2D eigenvalue weighted by atomic mass is 32.1. The Morgan fingerprint density at radius 2 is 1.80 bits per heavy atom. The molecule has 1 nitrogen and oxygen atoms in total. The molecule has 0 aliphatic carbocycles. The van der Waals surface area contributed by atoms with Gasteiger partial charge in [-0.15, -0.1) is 0 Å². The molecule has 0 aliphatic heterocycles. The SMILES string of the molecule is CC(C)C(CCS)N(C)C. The first-order valence-corrected chi connectivity index (χ1v) is 4.50. The van der Waals surface area contributed by atoms with Crippen LogP contribution < -0.4 is 0 Å². The smallest absolute Gasteiger partial charge is 0.0120 e. The standard InChI is InChI=1S/C8H19NS/c1-7(2)8(5-6-10)9(3)4/h7-8,10H,5-6H2,1-4H3. The Labute approximate surface area is 70.2 Å². The minimum absolute atomic E-state index is 0.692. The number of hydrogen-bond acceptors (Lipinski definition) is 2. The number of rotatable bonds is 4. The van der Waals surface area contributed by atoms with Crippen molar-refractivity contribution >= 4 is 12.6 Å². The minimum atomic E-state index is 0.692. The molecule has 0 N–H and O–H groups in total. The van der Waals surface area contributed by atoms with Gasteiger partial charge in [0.2, 0.25) is 0 Å². The zero-order chi connectivity index (χ0) is 8.15. The Balaban J connectivity index is 3.73. The first-order chi connectivity index (χ1) is 4.59. The lowest BCUT2D eigenvalue weighted by Gasteiger charge is -2.27. The molecule has 0 saturated carbocycles. The van der Waals surface area contributed by atoms with Crippen LogP contribution in [0.15, 0.2) is 0 Å². The molecule has 0 heterocycles. The van der Waals surface area contributed by atoms with Crippen molar-refractivity contribution in [1.82, 2.24) is 4.90 Å². The average Bonchev–Trinajstić information content (AvgIpc) is 1.81. The third-order valence-electron chi connectivity index (χ3n) is 1.86. The van der Waals surface area contributed by atoms with E-state index in [-0.39, 0.29) is 0 Å². The van der Waals surface area contributed by atoms with Gasteiger partial charge in [-0.05, 0) is 32.2 Å². The molecule has 0 spiro atoms. The second-order valence-electron chi connectivity index (χ2n) is 3.29. The molecule has 0 saturated heterocycles. The van der Waals surface area contributed by atoms with Crippen LogP contribution in [0, 0.1) is 5.92 Å². The summed E-state index contributed by atoms with van der Waals surface area (Å²) in [6.45, 7) is 4.52. The second-order valence-corrected chi connectivity index (χ2v) is 3.73. The van der Waals surface area contributed by atoms with Crippen molar-refractivity contribution in [3.05, 3.63) is 0 Å². The van der Waals surface area contributed by atoms with E-state index in [0.717, 1.165) is 11.7 Å². The maximum Gasteiger partial charge on any atom is 0.0120 e. The summed E-state index contributed by atoms with van der Waals surface area (Å²) in [6.07, 6.45) is 1.19. The van der Waals surface area contributed by atoms with E-state index < -0.39 is 0 Å². The number of nitrogens with zero attached hydrogens (tertiary/aromatic N) is 1. The fourth-order valence-electron chi connectivity index (χ4n) is 1.32. The van der Waals surface area contributed by atoms with Crippen molar-refractivity contribution in [2.75, 3.05) is 19.8 Å². The highest BCUT2D eigenvalue weighted by Gasteiger charge is 2.13. The average molecular weight is 161 g/mol. The summed E-state index contributed by atoms with van der Waals surface area (Å²) in [5, 5.41) is 0. The summed E-state index contributed by atoms with van der Waals surface area (Å²) in [7, 11) is 4.27. The first kappa shape index (κ1) is 10.3. The van der Waals surface area contributed by atoms with E-state index in [2.05, 4.69) is 45.5 Å². The quantitative estimate of drug-likeness (QED) is 0.616. The fourth-order valence-corrected chi connectivity index (χ4v) is 1.58. The lowest BCUT2D eigenvalue weighted by Crippen LogP contribution is -2.33. The Morgan fingerprint density at radius 1 is 1.30 bits per heavy atom. The van der Waals surface area contributed by atoms with Crippen LogP contribution in [-0.2, 0) is 0 Å². The summed E-state index contributed by atoms with van der Waals surface area (Å²) in [4.78, 5) is 2.28. The van der Waals surface area contributed by atoms with Crippen molar-refractivity contribution in [2.24, 2.45) is 5.92 Å². The molecule has 0 aromatic rings. The Hall–Kier alpha value is 0.310. The molecular weight excluding hydrogens is 142 g/mol. The molecule has 0 fully saturated rings. The van der Waals surface area contributed by atoms with Gasteiger partial charge in [-0.2, -0.15) is 12.6 Å². The van der Waals surface area contributed by atoms with Crippen molar-refractivity contribution in [3.8, 4) is 0 Å². The van der Waals surface area contributed by atoms with Gasteiger partial charge in [0.05, 0.1) is 0 Å². The second kappa shape index (κ2) is 5.03. The zero-order valence-corrected chi connectivity index (χ0v) is 8.36. The van der Waals surface area contributed by atoms with Crippen LogP contribution in [-0.4, -0.2) is 30.8 Å². The lowest BCUT2D eigenvalue weighted by molar-refractivity contribution is 0.226. The Morgan fingerprint density at radius 3 is 1.90 bits per heavy atom. The highest BCUT2D eigenvalue weighted by Crippen LogP contribution is 2.11. The molecule has 1 atom stereocenters. The molecule has 0 bridgehead atoms. The fraction of sp³-hybridized carbons (Fsp3) is 1.00. The largest absolute Gasteiger partial charge is 0.306 e. The molecule has 10 heavy (non-hydrogen) atoms. The van der Waals surface area contributed by atoms with E-state index in [1.807, 2.05) is 0 Å².